The number of hydrogen-bond acceptors (Lipinski definition) is 3. The van der Waals surface area contributed by atoms with Crippen molar-refractivity contribution in [1.82, 2.24) is 9.78 Å². The van der Waals surface area contributed by atoms with E-state index in [0.29, 0.717) is 6.10 Å². The van der Waals surface area contributed by atoms with Gasteiger partial charge in [-0.25, -0.2) is 0 Å². The Balaban J connectivity index is 1.54. The molecule has 0 radical (unpaired) electrons. The van der Waals surface area contributed by atoms with Crippen molar-refractivity contribution in [3.05, 3.63) is 42.2 Å². The summed E-state index contributed by atoms with van der Waals surface area (Å²) in [6.07, 6.45) is 7.23. The fourth-order valence-electron chi connectivity index (χ4n) is 2.62. The predicted octanol–water partition coefficient (Wildman–Crippen LogP) is 3.35. The van der Waals surface area contributed by atoms with Crippen molar-refractivity contribution in [2.24, 2.45) is 7.05 Å². The topological polar surface area (TPSA) is 39.1 Å². The summed E-state index contributed by atoms with van der Waals surface area (Å²) in [6, 6.07) is 10.2. The largest absolute Gasteiger partial charge is 0.490 e. The van der Waals surface area contributed by atoms with Gasteiger partial charge in [-0.3, -0.25) is 4.68 Å². The summed E-state index contributed by atoms with van der Waals surface area (Å²) in [6.45, 7) is 0.777. The van der Waals surface area contributed by atoms with Gasteiger partial charge in [0.1, 0.15) is 5.75 Å². The Morgan fingerprint density at radius 2 is 1.95 bits per heavy atom. The van der Waals surface area contributed by atoms with Crippen LogP contribution in [-0.2, 0) is 13.6 Å². The smallest absolute Gasteiger partial charge is 0.119 e. The highest BCUT2D eigenvalue weighted by atomic mass is 16.5. The summed E-state index contributed by atoms with van der Waals surface area (Å²) < 4.78 is 7.84. The standard InChI is InChI=1S/C16H21N3O/c1-19-14(10-11-18-19)12-17-13-6-8-16(9-7-13)20-15-4-2-3-5-15/h6-11,15,17H,2-5,12H2,1H3. The molecule has 1 aliphatic rings. The molecule has 1 aromatic heterocycles. The Morgan fingerprint density at radius 3 is 2.60 bits per heavy atom. The van der Waals surface area contributed by atoms with Crippen LogP contribution >= 0.6 is 0 Å². The van der Waals surface area contributed by atoms with Crippen molar-refractivity contribution in [1.29, 1.82) is 0 Å². The lowest BCUT2D eigenvalue weighted by Crippen LogP contribution is -2.10. The molecule has 1 N–H and O–H groups in total. The van der Waals surface area contributed by atoms with Crippen LogP contribution in [-0.4, -0.2) is 15.9 Å². The average molecular weight is 271 g/mol. The lowest BCUT2D eigenvalue weighted by Gasteiger charge is -2.13. The zero-order valence-corrected chi connectivity index (χ0v) is 11.9. The number of aromatic nitrogens is 2. The number of rotatable bonds is 5. The number of ether oxygens (including phenoxy) is 1. The van der Waals surface area contributed by atoms with Crippen LogP contribution in [0.4, 0.5) is 5.69 Å². The second kappa shape index (κ2) is 5.99. The van der Waals surface area contributed by atoms with Crippen molar-refractivity contribution in [2.45, 2.75) is 38.3 Å². The van der Waals surface area contributed by atoms with E-state index in [1.807, 2.05) is 36.1 Å². The van der Waals surface area contributed by atoms with Crippen LogP contribution in [0.25, 0.3) is 0 Å². The molecule has 0 unspecified atom stereocenters. The Labute approximate surface area is 119 Å². The normalized spacial score (nSPS) is 15.4. The van der Waals surface area contributed by atoms with Crippen molar-refractivity contribution in [3.63, 3.8) is 0 Å². The molecule has 0 atom stereocenters. The number of aryl methyl sites for hydroxylation is 1. The molecule has 1 fully saturated rings. The van der Waals surface area contributed by atoms with Gasteiger partial charge in [0.15, 0.2) is 0 Å². The third-order valence-corrected chi connectivity index (χ3v) is 3.86. The summed E-state index contributed by atoms with van der Waals surface area (Å²) in [5.74, 6) is 0.975. The van der Waals surface area contributed by atoms with Crippen LogP contribution in [0, 0.1) is 0 Å². The fourth-order valence-corrected chi connectivity index (χ4v) is 2.62. The highest BCUT2D eigenvalue weighted by Gasteiger charge is 2.16. The first kappa shape index (κ1) is 13.0. The summed E-state index contributed by atoms with van der Waals surface area (Å²) in [5, 5.41) is 7.55. The van der Waals surface area contributed by atoms with Gasteiger partial charge >= 0.3 is 0 Å². The van der Waals surface area contributed by atoms with Gasteiger partial charge in [-0.05, 0) is 56.0 Å². The highest BCUT2D eigenvalue weighted by Crippen LogP contribution is 2.25. The van der Waals surface area contributed by atoms with E-state index in [0.717, 1.165) is 23.7 Å². The summed E-state index contributed by atoms with van der Waals surface area (Å²) in [5.41, 5.74) is 2.27. The second-order valence-corrected chi connectivity index (χ2v) is 5.35. The highest BCUT2D eigenvalue weighted by molar-refractivity contribution is 5.46. The SMILES string of the molecule is Cn1nccc1CNc1ccc(OC2CCCC2)cc1. The van der Waals surface area contributed by atoms with E-state index in [4.69, 9.17) is 4.74 Å². The molecule has 0 aliphatic heterocycles. The third-order valence-electron chi connectivity index (χ3n) is 3.86. The van der Waals surface area contributed by atoms with E-state index < -0.39 is 0 Å². The van der Waals surface area contributed by atoms with Crippen molar-refractivity contribution < 1.29 is 4.74 Å². The minimum Gasteiger partial charge on any atom is -0.490 e. The van der Waals surface area contributed by atoms with Crippen molar-refractivity contribution >= 4 is 5.69 Å². The molecule has 0 amide bonds. The maximum absolute atomic E-state index is 5.96. The first-order valence-corrected chi connectivity index (χ1v) is 7.29. The van der Waals surface area contributed by atoms with Crippen LogP contribution in [0.1, 0.15) is 31.4 Å². The molecule has 20 heavy (non-hydrogen) atoms. The van der Waals surface area contributed by atoms with Crippen LogP contribution in [0.5, 0.6) is 5.75 Å². The summed E-state index contributed by atoms with van der Waals surface area (Å²) in [7, 11) is 1.95. The quantitative estimate of drug-likeness (QED) is 0.906. The van der Waals surface area contributed by atoms with E-state index in [9.17, 15) is 0 Å². The zero-order valence-electron chi connectivity index (χ0n) is 11.9. The molecule has 1 saturated carbocycles. The lowest BCUT2D eigenvalue weighted by atomic mass is 10.2. The van der Waals surface area contributed by atoms with E-state index in [-0.39, 0.29) is 0 Å². The Morgan fingerprint density at radius 1 is 1.20 bits per heavy atom. The van der Waals surface area contributed by atoms with Gasteiger partial charge in [0.05, 0.1) is 18.3 Å². The van der Waals surface area contributed by atoms with E-state index >= 15 is 0 Å². The van der Waals surface area contributed by atoms with Gasteiger partial charge in [-0.1, -0.05) is 0 Å². The van der Waals surface area contributed by atoms with Crippen LogP contribution < -0.4 is 10.1 Å². The molecule has 0 bridgehead atoms. The lowest BCUT2D eigenvalue weighted by molar-refractivity contribution is 0.210. The fraction of sp³-hybridized carbons (Fsp3) is 0.438. The summed E-state index contributed by atoms with van der Waals surface area (Å²) >= 11 is 0. The zero-order chi connectivity index (χ0) is 13.8. The molecular formula is C16H21N3O. The minimum atomic E-state index is 0.420. The molecule has 0 spiro atoms. The number of hydrogen-bond donors (Lipinski definition) is 1. The molecule has 1 aliphatic carbocycles. The van der Waals surface area contributed by atoms with E-state index in [1.54, 1.807) is 0 Å². The first-order valence-electron chi connectivity index (χ1n) is 7.29. The molecular weight excluding hydrogens is 250 g/mol. The maximum atomic E-state index is 5.96. The molecule has 1 heterocycles. The third kappa shape index (κ3) is 3.13. The van der Waals surface area contributed by atoms with E-state index in [2.05, 4.69) is 22.5 Å². The van der Waals surface area contributed by atoms with Crippen molar-refractivity contribution in [2.75, 3.05) is 5.32 Å². The number of anilines is 1. The van der Waals surface area contributed by atoms with Gasteiger partial charge in [0.25, 0.3) is 0 Å². The minimum absolute atomic E-state index is 0.420. The van der Waals surface area contributed by atoms with Gasteiger partial charge in [-0.2, -0.15) is 5.10 Å². The van der Waals surface area contributed by atoms with Gasteiger partial charge in [-0.15, -0.1) is 0 Å². The molecule has 1 aromatic carbocycles. The summed E-state index contributed by atoms with van der Waals surface area (Å²) in [4.78, 5) is 0. The second-order valence-electron chi connectivity index (χ2n) is 5.35. The number of benzene rings is 1. The maximum Gasteiger partial charge on any atom is 0.119 e. The van der Waals surface area contributed by atoms with Crippen LogP contribution in [0.15, 0.2) is 36.5 Å². The van der Waals surface area contributed by atoms with E-state index in [1.165, 1.54) is 25.7 Å². The first-order chi connectivity index (χ1) is 9.81. The Bertz CT molecular complexity index is 541. The van der Waals surface area contributed by atoms with Gasteiger partial charge in [0, 0.05) is 18.9 Å². The number of nitrogens with zero attached hydrogens (tertiary/aromatic N) is 2. The number of nitrogens with one attached hydrogen (secondary N) is 1. The van der Waals surface area contributed by atoms with Crippen LogP contribution in [0.3, 0.4) is 0 Å². The molecule has 4 heteroatoms. The molecule has 2 aromatic rings. The predicted molar refractivity (Wildman–Crippen MR) is 79.9 cm³/mol. The molecule has 4 nitrogen and oxygen atoms in total. The van der Waals surface area contributed by atoms with Gasteiger partial charge in [0.2, 0.25) is 0 Å². The molecule has 0 saturated heterocycles. The van der Waals surface area contributed by atoms with Crippen molar-refractivity contribution in [3.8, 4) is 5.75 Å². The molecule has 106 valence electrons. The van der Waals surface area contributed by atoms with Gasteiger partial charge < -0.3 is 10.1 Å². The molecule has 3 rings (SSSR count). The monoisotopic (exact) mass is 271 g/mol. The average Bonchev–Trinajstić information content (AvgIpc) is 3.10. The Kier molecular flexibility index (Phi) is 3.90. The Hall–Kier alpha value is -1.97. The van der Waals surface area contributed by atoms with Crippen LogP contribution in [0.2, 0.25) is 0 Å².